The van der Waals surface area contributed by atoms with Crippen molar-refractivity contribution >= 4 is 16.0 Å². The molecule has 0 fully saturated rings. The van der Waals surface area contributed by atoms with Gasteiger partial charge in [0.05, 0.1) is 25.7 Å². The molecule has 0 aliphatic carbocycles. The number of carboxylic acid groups (broad SMARTS) is 1. The fourth-order valence-electron chi connectivity index (χ4n) is 1.20. The Labute approximate surface area is 105 Å². The van der Waals surface area contributed by atoms with Crippen molar-refractivity contribution in [3.63, 3.8) is 0 Å². The van der Waals surface area contributed by atoms with Crippen LogP contribution in [0.1, 0.15) is 6.42 Å². The summed E-state index contributed by atoms with van der Waals surface area (Å²) in [6.07, 6.45) is 7.38. The van der Waals surface area contributed by atoms with Gasteiger partial charge < -0.3 is 5.11 Å². The van der Waals surface area contributed by atoms with E-state index in [2.05, 4.69) is 11.0 Å². The average molecular weight is 271 g/mol. The smallest absolute Gasteiger partial charge is 0.305 e. The maximum atomic E-state index is 11.9. The van der Waals surface area contributed by atoms with Crippen molar-refractivity contribution in [2.24, 2.45) is 0 Å². The van der Waals surface area contributed by atoms with Crippen molar-refractivity contribution in [3.05, 3.63) is 12.4 Å². The van der Waals surface area contributed by atoms with Crippen molar-refractivity contribution in [2.45, 2.75) is 17.9 Å². The van der Waals surface area contributed by atoms with Gasteiger partial charge in [0.2, 0.25) is 10.0 Å². The second-order valence-electron chi connectivity index (χ2n) is 3.55. The van der Waals surface area contributed by atoms with Crippen molar-refractivity contribution in [3.8, 4) is 12.3 Å². The minimum Gasteiger partial charge on any atom is -0.481 e. The maximum Gasteiger partial charge on any atom is 0.305 e. The Morgan fingerprint density at radius 1 is 1.67 bits per heavy atom. The topological polar surface area (TPSA) is 92.5 Å². The number of carboxylic acids is 1. The molecule has 0 amide bonds. The zero-order chi connectivity index (χ0) is 13.8. The molecule has 0 radical (unpaired) electrons. The average Bonchev–Trinajstić information content (AvgIpc) is 2.75. The predicted molar refractivity (Wildman–Crippen MR) is 63.1 cm³/mol. The molecule has 0 aliphatic rings. The van der Waals surface area contributed by atoms with Crippen LogP contribution in [0.5, 0.6) is 0 Å². The lowest BCUT2D eigenvalue weighted by Gasteiger charge is -2.11. The third-order valence-corrected chi connectivity index (χ3v) is 3.94. The van der Waals surface area contributed by atoms with Gasteiger partial charge in [0.25, 0.3) is 0 Å². The molecule has 0 saturated carbocycles. The fourth-order valence-corrected chi connectivity index (χ4v) is 2.24. The SMILES string of the molecule is C#CCN(C)S(=O)(=O)c1cnn(CCC(=O)O)c1. The quantitative estimate of drug-likeness (QED) is 0.711. The molecule has 1 aromatic heterocycles. The molecule has 1 N–H and O–H groups in total. The molecule has 18 heavy (non-hydrogen) atoms. The van der Waals surface area contributed by atoms with E-state index in [4.69, 9.17) is 11.5 Å². The number of carbonyl (C=O) groups is 1. The summed E-state index contributed by atoms with van der Waals surface area (Å²) in [6, 6.07) is 0. The first kappa shape index (κ1) is 14.2. The van der Waals surface area contributed by atoms with Crippen molar-refractivity contribution in [1.29, 1.82) is 0 Å². The Balaban J connectivity index is 2.85. The molecule has 1 aromatic rings. The number of hydrogen-bond donors (Lipinski definition) is 1. The van der Waals surface area contributed by atoms with E-state index in [1.807, 2.05) is 0 Å². The third kappa shape index (κ3) is 3.32. The number of sulfonamides is 1. The van der Waals surface area contributed by atoms with Gasteiger partial charge in [0.1, 0.15) is 4.90 Å². The van der Waals surface area contributed by atoms with Crippen LogP contribution < -0.4 is 0 Å². The van der Waals surface area contributed by atoms with Gasteiger partial charge in [-0.2, -0.15) is 9.40 Å². The molecule has 8 heteroatoms. The van der Waals surface area contributed by atoms with Crippen LogP contribution >= 0.6 is 0 Å². The normalized spacial score (nSPS) is 11.4. The number of nitrogens with zero attached hydrogens (tertiary/aromatic N) is 3. The first-order valence-electron chi connectivity index (χ1n) is 5.02. The van der Waals surface area contributed by atoms with E-state index < -0.39 is 16.0 Å². The lowest BCUT2D eigenvalue weighted by Crippen LogP contribution is -2.26. The second-order valence-corrected chi connectivity index (χ2v) is 5.59. The summed E-state index contributed by atoms with van der Waals surface area (Å²) < 4.78 is 26.2. The van der Waals surface area contributed by atoms with E-state index in [0.717, 1.165) is 4.31 Å². The molecule has 0 saturated heterocycles. The molecule has 1 heterocycles. The van der Waals surface area contributed by atoms with Crippen LogP contribution in [-0.2, 0) is 21.4 Å². The Kier molecular flexibility index (Phi) is 4.47. The van der Waals surface area contributed by atoms with Crippen LogP contribution in [0.2, 0.25) is 0 Å². The number of aromatic nitrogens is 2. The van der Waals surface area contributed by atoms with Crippen molar-refractivity contribution in [2.75, 3.05) is 13.6 Å². The van der Waals surface area contributed by atoms with Crippen LogP contribution in [0.15, 0.2) is 17.3 Å². The highest BCUT2D eigenvalue weighted by molar-refractivity contribution is 7.89. The van der Waals surface area contributed by atoms with Crippen LogP contribution in [0.4, 0.5) is 0 Å². The summed E-state index contributed by atoms with van der Waals surface area (Å²) in [5.74, 6) is 1.26. The van der Waals surface area contributed by atoms with Crippen LogP contribution in [0.3, 0.4) is 0 Å². The van der Waals surface area contributed by atoms with E-state index in [-0.39, 0.29) is 24.4 Å². The van der Waals surface area contributed by atoms with E-state index in [1.165, 1.54) is 24.1 Å². The van der Waals surface area contributed by atoms with Crippen molar-refractivity contribution < 1.29 is 18.3 Å². The summed E-state index contributed by atoms with van der Waals surface area (Å²) in [7, 11) is -2.29. The first-order chi connectivity index (χ1) is 8.37. The number of rotatable bonds is 6. The first-order valence-corrected chi connectivity index (χ1v) is 6.46. The Morgan fingerprint density at radius 3 is 2.89 bits per heavy atom. The predicted octanol–water partition coefficient (Wildman–Crippen LogP) is -0.388. The highest BCUT2D eigenvalue weighted by Gasteiger charge is 2.21. The molecule has 0 spiro atoms. The zero-order valence-electron chi connectivity index (χ0n) is 9.78. The molecular weight excluding hydrogens is 258 g/mol. The van der Waals surface area contributed by atoms with E-state index >= 15 is 0 Å². The van der Waals surface area contributed by atoms with Crippen LogP contribution in [0.25, 0.3) is 0 Å². The summed E-state index contributed by atoms with van der Waals surface area (Å²) >= 11 is 0. The molecular formula is C10H13N3O4S. The molecule has 0 atom stereocenters. The minimum atomic E-state index is -3.66. The molecule has 1 rings (SSSR count). The Bertz CT molecular complexity index is 570. The van der Waals surface area contributed by atoms with E-state index in [0.29, 0.717) is 0 Å². The monoisotopic (exact) mass is 271 g/mol. The Morgan fingerprint density at radius 2 is 2.33 bits per heavy atom. The molecule has 0 aromatic carbocycles. The molecule has 7 nitrogen and oxygen atoms in total. The highest BCUT2D eigenvalue weighted by Crippen LogP contribution is 2.12. The van der Waals surface area contributed by atoms with Gasteiger partial charge in [-0.3, -0.25) is 9.48 Å². The van der Waals surface area contributed by atoms with Crippen LogP contribution in [0, 0.1) is 12.3 Å². The molecule has 0 aliphatic heterocycles. The lowest BCUT2D eigenvalue weighted by atomic mass is 10.4. The zero-order valence-corrected chi connectivity index (χ0v) is 10.6. The number of hydrogen-bond acceptors (Lipinski definition) is 4. The standard InChI is InChI=1S/C10H13N3O4S/c1-3-5-12(2)18(16,17)9-7-11-13(8-9)6-4-10(14)15/h1,7-8H,4-6H2,2H3,(H,14,15). The Hall–Kier alpha value is -1.85. The summed E-state index contributed by atoms with van der Waals surface area (Å²) in [5.41, 5.74) is 0. The number of terminal acetylenes is 1. The molecule has 0 unspecified atom stereocenters. The van der Waals surface area contributed by atoms with Crippen molar-refractivity contribution in [1.82, 2.24) is 14.1 Å². The number of aliphatic carboxylic acids is 1. The maximum absolute atomic E-state index is 11.9. The number of aryl methyl sites for hydroxylation is 1. The fraction of sp³-hybridized carbons (Fsp3) is 0.400. The van der Waals surface area contributed by atoms with Gasteiger partial charge in [-0.05, 0) is 0 Å². The largest absolute Gasteiger partial charge is 0.481 e. The summed E-state index contributed by atoms with van der Waals surface area (Å²) in [6.45, 7) is 0.0757. The summed E-state index contributed by atoms with van der Waals surface area (Å²) in [5, 5.41) is 12.3. The second kappa shape index (κ2) is 5.66. The van der Waals surface area contributed by atoms with Gasteiger partial charge in [0, 0.05) is 13.2 Å². The van der Waals surface area contributed by atoms with E-state index in [9.17, 15) is 13.2 Å². The van der Waals surface area contributed by atoms with E-state index in [1.54, 1.807) is 0 Å². The molecule has 98 valence electrons. The van der Waals surface area contributed by atoms with Gasteiger partial charge >= 0.3 is 5.97 Å². The van der Waals surface area contributed by atoms with Gasteiger partial charge in [-0.25, -0.2) is 8.42 Å². The van der Waals surface area contributed by atoms with Gasteiger partial charge in [-0.15, -0.1) is 6.42 Å². The lowest BCUT2D eigenvalue weighted by molar-refractivity contribution is -0.137. The van der Waals surface area contributed by atoms with Gasteiger partial charge in [-0.1, -0.05) is 5.92 Å². The summed E-state index contributed by atoms with van der Waals surface area (Å²) in [4.78, 5) is 10.4. The van der Waals surface area contributed by atoms with Gasteiger partial charge in [0.15, 0.2) is 0 Å². The van der Waals surface area contributed by atoms with Crippen LogP contribution in [-0.4, -0.2) is 47.2 Å². The minimum absolute atomic E-state index is 0.00867. The molecule has 0 bridgehead atoms. The highest BCUT2D eigenvalue weighted by atomic mass is 32.2. The third-order valence-electron chi connectivity index (χ3n) is 2.19.